The maximum atomic E-state index is 11.3. The van der Waals surface area contributed by atoms with Gasteiger partial charge in [-0.2, -0.15) is 4.98 Å². The molecule has 13 heavy (non-hydrogen) atoms. The highest BCUT2D eigenvalue weighted by Crippen LogP contribution is 2.13. The molecule has 0 radical (unpaired) electrons. The molecule has 68 valence electrons. The van der Waals surface area contributed by atoms with E-state index in [4.69, 9.17) is 5.73 Å². The molecule has 4 N–H and O–H groups in total. The number of nitrogens with two attached hydrogens (primary N) is 1. The zero-order valence-electron chi connectivity index (χ0n) is 6.87. The molecule has 0 saturated heterocycles. The minimum absolute atomic E-state index is 0.167. The lowest BCUT2D eigenvalue weighted by atomic mass is 10.3. The van der Waals surface area contributed by atoms with Crippen molar-refractivity contribution in [1.29, 1.82) is 0 Å². The Morgan fingerprint density at radius 3 is 3.00 bits per heavy atom. The Hall–Kier alpha value is -1.85. The molecule has 1 amide bonds. The van der Waals surface area contributed by atoms with E-state index in [-0.39, 0.29) is 11.9 Å². The first kappa shape index (κ1) is 7.78. The van der Waals surface area contributed by atoms with Gasteiger partial charge in [-0.3, -0.25) is 4.79 Å². The molecular weight excluding hydrogens is 170 g/mol. The number of nitrogens with one attached hydrogen (secondary N) is 2. The molecule has 1 aliphatic heterocycles. The summed E-state index contributed by atoms with van der Waals surface area (Å²) in [5.74, 6) is 0.503. The van der Waals surface area contributed by atoms with E-state index in [0.29, 0.717) is 24.5 Å². The van der Waals surface area contributed by atoms with Crippen LogP contribution in [0.1, 0.15) is 10.4 Å². The smallest absolute Gasteiger partial charge is 0.256 e. The Labute approximate surface area is 74.6 Å². The first-order valence-corrected chi connectivity index (χ1v) is 3.92. The van der Waals surface area contributed by atoms with Crippen LogP contribution in [0.5, 0.6) is 0 Å². The Balaban J connectivity index is 2.48. The number of hydrogen-bond acceptors (Lipinski definition) is 5. The fourth-order valence-corrected chi connectivity index (χ4v) is 1.15. The molecule has 1 aromatic rings. The standard InChI is InChI=1S/C7H9N5O/c8-7-11-3-4-5(12-7)9-1-2-10-6(4)13/h3H,1-2H2,(H,10,13)(H3,8,9,11,12). The molecule has 1 aliphatic rings. The monoisotopic (exact) mass is 179 g/mol. The number of aromatic nitrogens is 2. The molecular formula is C7H9N5O. The largest absolute Gasteiger partial charge is 0.368 e. The quantitative estimate of drug-likeness (QED) is 0.485. The van der Waals surface area contributed by atoms with Crippen molar-refractivity contribution >= 4 is 17.7 Å². The van der Waals surface area contributed by atoms with Gasteiger partial charge in [0.25, 0.3) is 5.91 Å². The van der Waals surface area contributed by atoms with Crippen molar-refractivity contribution in [3.05, 3.63) is 11.8 Å². The van der Waals surface area contributed by atoms with Crippen LogP contribution < -0.4 is 16.4 Å². The second kappa shape index (κ2) is 2.89. The predicted octanol–water partition coefficient (Wildman–Crippen LogP) is -0.786. The molecule has 0 unspecified atom stereocenters. The van der Waals surface area contributed by atoms with Crippen LogP contribution >= 0.6 is 0 Å². The van der Waals surface area contributed by atoms with Gasteiger partial charge >= 0.3 is 0 Å². The summed E-state index contributed by atoms with van der Waals surface area (Å²) >= 11 is 0. The molecule has 0 saturated carbocycles. The molecule has 2 heterocycles. The molecule has 0 spiro atoms. The van der Waals surface area contributed by atoms with E-state index >= 15 is 0 Å². The molecule has 0 fully saturated rings. The number of rotatable bonds is 0. The van der Waals surface area contributed by atoms with E-state index in [1.807, 2.05) is 0 Å². The Kier molecular flexibility index (Phi) is 1.73. The second-order valence-corrected chi connectivity index (χ2v) is 2.67. The van der Waals surface area contributed by atoms with Gasteiger partial charge in [0.15, 0.2) is 0 Å². The van der Waals surface area contributed by atoms with Crippen LogP contribution in [0, 0.1) is 0 Å². The lowest BCUT2D eigenvalue weighted by Crippen LogP contribution is -2.24. The number of anilines is 2. The lowest BCUT2D eigenvalue weighted by molar-refractivity contribution is 0.0957. The minimum Gasteiger partial charge on any atom is -0.368 e. The average molecular weight is 179 g/mol. The van der Waals surface area contributed by atoms with Crippen molar-refractivity contribution in [2.24, 2.45) is 0 Å². The minimum atomic E-state index is -0.167. The van der Waals surface area contributed by atoms with Crippen LogP contribution in [-0.2, 0) is 0 Å². The molecule has 6 heteroatoms. The number of fused-ring (bicyclic) bond motifs is 1. The summed E-state index contributed by atoms with van der Waals surface area (Å²) < 4.78 is 0. The summed E-state index contributed by atoms with van der Waals surface area (Å²) in [4.78, 5) is 19.0. The molecule has 0 aliphatic carbocycles. The van der Waals surface area contributed by atoms with Crippen molar-refractivity contribution in [3.8, 4) is 0 Å². The summed E-state index contributed by atoms with van der Waals surface area (Å²) in [5, 5.41) is 5.68. The number of carbonyl (C=O) groups is 1. The van der Waals surface area contributed by atoms with E-state index < -0.39 is 0 Å². The first-order chi connectivity index (χ1) is 6.27. The van der Waals surface area contributed by atoms with E-state index in [9.17, 15) is 4.79 Å². The lowest BCUT2D eigenvalue weighted by Gasteiger charge is -2.03. The fraction of sp³-hybridized carbons (Fsp3) is 0.286. The van der Waals surface area contributed by atoms with Gasteiger partial charge in [-0.05, 0) is 0 Å². The Morgan fingerprint density at radius 2 is 2.15 bits per heavy atom. The number of hydrogen-bond donors (Lipinski definition) is 3. The number of nitrogen functional groups attached to an aromatic ring is 1. The molecule has 1 aromatic heterocycles. The van der Waals surface area contributed by atoms with E-state index in [1.165, 1.54) is 6.20 Å². The average Bonchev–Trinajstić information content (AvgIpc) is 2.28. The summed E-state index contributed by atoms with van der Waals surface area (Å²) in [6.07, 6.45) is 1.42. The van der Waals surface area contributed by atoms with E-state index in [0.717, 1.165) is 0 Å². The van der Waals surface area contributed by atoms with Gasteiger partial charge in [0.1, 0.15) is 11.4 Å². The van der Waals surface area contributed by atoms with Gasteiger partial charge < -0.3 is 16.4 Å². The first-order valence-electron chi connectivity index (χ1n) is 3.92. The number of nitrogens with zero attached hydrogens (tertiary/aromatic N) is 2. The third-order valence-electron chi connectivity index (χ3n) is 1.76. The topological polar surface area (TPSA) is 92.9 Å². The van der Waals surface area contributed by atoms with Crippen molar-refractivity contribution < 1.29 is 4.79 Å². The van der Waals surface area contributed by atoms with E-state index in [2.05, 4.69) is 20.6 Å². The predicted molar refractivity (Wildman–Crippen MR) is 47.3 cm³/mol. The fourth-order valence-electron chi connectivity index (χ4n) is 1.15. The number of amides is 1. The SMILES string of the molecule is Nc1ncc2c(n1)NCCNC2=O. The molecule has 2 rings (SSSR count). The molecule has 6 nitrogen and oxygen atoms in total. The molecule has 0 atom stereocenters. The highest BCUT2D eigenvalue weighted by Gasteiger charge is 2.16. The van der Waals surface area contributed by atoms with Crippen LogP contribution in [0.3, 0.4) is 0 Å². The van der Waals surface area contributed by atoms with Gasteiger partial charge in [0.2, 0.25) is 5.95 Å². The van der Waals surface area contributed by atoms with Crippen molar-refractivity contribution in [2.75, 3.05) is 24.1 Å². The normalized spacial score (nSPS) is 15.2. The van der Waals surface area contributed by atoms with Crippen molar-refractivity contribution in [2.45, 2.75) is 0 Å². The summed E-state index contributed by atoms with van der Waals surface area (Å²) in [6.45, 7) is 1.23. The Bertz CT molecular complexity index is 351. The zero-order chi connectivity index (χ0) is 9.26. The van der Waals surface area contributed by atoms with Gasteiger partial charge in [-0.25, -0.2) is 4.98 Å². The van der Waals surface area contributed by atoms with Crippen LogP contribution in [0.4, 0.5) is 11.8 Å². The highest BCUT2D eigenvalue weighted by molar-refractivity contribution is 5.99. The zero-order valence-corrected chi connectivity index (χ0v) is 6.87. The third-order valence-corrected chi connectivity index (χ3v) is 1.76. The van der Waals surface area contributed by atoms with Gasteiger partial charge in [0.05, 0.1) is 0 Å². The maximum Gasteiger partial charge on any atom is 0.256 e. The van der Waals surface area contributed by atoms with Gasteiger partial charge in [-0.15, -0.1) is 0 Å². The highest BCUT2D eigenvalue weighted by atomic mass is 16.1. The van der Waals surface area contributed by atoms with Crippen molar-refractivity contribution in [1.82, 2.24) is 15.3 Å². The third kappa shape index (κ3) is 1.37. The van der Waals surface area contributed by atoms with E-state index in [1.54, 1.807) is 0 Å². The van der Waals surface area contributed by atoms with Gasteiger partial charge in [0, 0.05) is 19.3 Å². The van der Waals surface area contributed by atoms with Gasteiger partial charge in [-0.1, -0.05) is 0 Å². The number of carbonyl (C=O) groups excluding carboxylic acids is 1. The molecule has 0 aromatic carbocycles. The van der Waals surface area contributed by atoms with Crippen LogP contribution in [0.2, 0.25) is 0 Å². The molecule has 0 bridgehead atoms. The summed E-state index contributed by atoms with van der Waals surface area (Å²) in [5.41, 5.74) is 5.82. The maximum absolute atomic E-state index is 11.3. The van der Waals surface area contributed by atoms with Crippen LogP contribution in [0.15, 0.2) is 6.20 Å². The summed E-state index contributed by atoms with van der Waals surface area (Å²) in [7, 11) is 0. The van der Waals surface area contributed by atoms with Crippen LogP contribution in [-0.4, -0.2) is 29.0 Å². The summed E-state index contributed by atoms with van der Waals surface area (Å²) in [6, 6.07) is 0. The Morgan fingerprint density at radius 1 is 1.38 bits per heavy atom. The second-order valence-electron chi connectivity index (χ2n) is 2.67. The van der Waals surface area contributed by atoms with Crippen LogP contribution in [0.25, 0.3) is 0 Å². The van der Waals surface area contributed by atoms with Crippen molar-refractivity contribution in [3.63, 3.8) is 0 Å².